The standard InChI is InChI=1S/C14H19BrO3/c1-6-9(2)7-10-8-11(15)13(17-4)14(18-5)12(10)16-3/h6,8-9H,1,7H2,2-5H3. The van der Waals surface area contributed by atoms with E-state index in [1.54, 1.807) is 21.3 Å². The van der Waals surface area contributed by atoms with E-state index in [4.69, 9.17) is 14.2 Å². The summed E-state index contributed by atoms with van der Waals surface area (Å²) in [5.74, 6) is 2.33. The molecule has 0 spiro atoms. The first kappa shape index (κ1) is 14.9. The van der Waals surface area contributed by atoms with Crippen LogP contribution in [0.5, 0.6) is 17.2 Å². The third kappa shape index (κ3) is 2.99. The van der Waals surface area contributed by atoms with E-state index in [9.17, 15) is 0 Å². The van der Waals surface area contributed by atoms with Gasteiger partial charge in [0.1, 0.15) is 0 Å². The van der Waals surface area contributed by atoms with Gasteiger partial charge in [0.05, 0.1) is 25.8 Å². The van der Waals surface area contributed by atoms with Gasteiger partial charge in [-0.1, -0.05) is 13.0 Å². The lowest BCUT2D eigenvalue weighted by Gasteiger charge is -2.18. The van der Waals surface area contributed by atoms with E-state index in [2.05, 4.69) is 29.4 Å². The zero-order valence-corrected chi connectivity index (χ0v) is 12.8. The fourth-order valence-corrected chi connectivity index (χ4v) is 2.44. The Morgan fingerprint density at radius 1 is 1.17 bits per heavy atom. The van der Waals surface area contributed by atoms with E-state index in [1.807, 2.05) is 12.1 Å². The van der Waals surface area contributed by atoms with Gasteiger partial charge < -0.3 is 14.2 Å². The van der Waals surface area contributed by atoms with Crippen molar-refractivity contribution in [1.82, 2.24) is 0 Å². The van der Waals surface area contributed by atoms with Gasteiger partial charge >= 0.3 is 0 Å². The normalized spacial score (nSPS) is 11.8. The van der Waals surface area contributed by atoms with E-state index in [0.717, 1.165) is 16.5 Å². The maximum absolute atomic E-state index is 5.45. The van der Waals surface area contributed by atoms with E-state index in [-0.39, 0.29) is 0 Å². The summed E-state index contributed by atoms with van der Waals surface area (Å²) in [4.78, 5) is 0. The molecule has 0 aliphatic carbocycles. The van der Waals surface area contributed by atoms with Gasteiger partial charge in [-0.3, -0.25) is 0 Å². The molecule has 0 bridgehead atoms. The van der Waals surface area contributed by atoms with Gasteiger partial charge in [-0.2, -0.15) is 0 Å². The van der Waals surface area contributed by atoms with Crippen LogP contribution in [-0.4, -0.2) is 21.3 Å². The smallest absolute Gasteiger partial charge is 0.204 e. The lowest BCUT2D eigenvalue weighted by Crippen LogP contribution is -2.03. The summed E-state index contributed by atoms with van der Waals surface area (Å²) in [6.07, 6.45) is 2.76. The first-order valence-electron chi connectivity index (χ1n) is 5.68. The van der Waals surface area contributed by atoms with Crippen molar-refractivity contribution in [2.24, 2.45) is 5.92 Å². The molecule has 0 heterocycles. The predicted molar refractivity (Wildman–Crippen MR) is 76.9 cm³/mol. The molecule has 4 heteroatoms. The average Bonchev–Trinajstić information content (AvgIpc) is 2.37. The van der Waals surface area contributed by atoms with Crippen molar-refractivity contribution in [3.05, 3.63) is 28.8 Å². The number of hydrogen-bond donors (Lipinski definition) is 0. The van der Waals surface area contributed by atoms with Crippen molar-refractivity contribution in [2.75, 3.05) is 21.3 Å². The average molecular weight is 315 g/mol. The zero-order valence-electron chi connectivity index (χ0n) is 11.2. The largest absolute Gasteiger partial charge is 0.492 e. The third-order valence-electron chi connectivity index (χ3n) is 2.78. The van der Waals surface area contributed by atoms with Gasteiger partial charge in [0, 0.05) is 0 Å². The van der Waals surface area contributed by atoms with Gasteiger partial charge in [0.15, 0.2) is 11.5 Å². The number of methoxy groups -OCH3 is 3. The van der Waals surface area contributed by atoms with Crippen LogP contribution in [-0.2, 0) is 6.42 Å². The highest BCUT2D eigenvalue weighted by Crippen LogP contribution is 2.45. The minimum atomic E-state index is 0.365. The molecule has 1 aromatic rings. The molecule has 1 atom stereocenters. The second-order valence-corrected chi connectivity index (χ2v) is 4.89. The van der Waals surface area contributed by atoms with E-state index >= 15 is 0 Å². The van der Waals surface area contributed by atoms with Crippen LogP contribution >= 0.6 is 15.9 Å². The minimum absolute atomic E-state index is 0.365. The first-order valence-corrected chi connectivity index (χ1v) is 6.48. The fourth-order valence-electron chi connectivity index (χ4n) is 1.82. The summed E-state index contributed by atoms with van der Waals surface area (Å²) in [5.41, 5.74) is 1.06. The fraction of sp³-hybridized carbons (Fsp3) is 0.429. The zero-order chi connectivity index (χ0) is 13.7. The van der Waals surface area contributed by atoms with Gasteiger partial charge in [0.2, 0.25) is 5.75 Å². The molecule has 1 unspecified atom stereocenters. The Labute approximate surface area is 117 Å². The summed E-state index contributed by atoms with van der Waals surface area (Å²) in [6.45, 7) is 5.91. The summed E-state index contributed by atoms with van der Waals surface area (Å²) in [7, 11) is 4.84. The number of rotatable bonds is 6. The predicted octanol–water partition coefficient (Wildman–Crippen LogP) is 3.84. The topological polar surface area (TPSA) is 27.7 Å². The second-order valence-electron chi connectivity index (χ2n) is 4.03. The van der Waals surface area contributed by atoms with Crippen molar-refractivity contribution in [3.8, 4) is 17.2 Å². The molecule has 100 valence electrons. The molecular weight excluding hydrogens is 296 g/mol. The second kappa shape index (κ2) is 6.69. The molecule has 1 rings (SSSR count). The van der Waals surface area contributed by atoms with Gasteiger partial charge in [-0.05, 0) is 39.9 Å². The molecule has 1 aromatic carbocycles. The highest BCUT2D eigenvalue weighted by atomic mass is 79.9. The first-order chi connectivity index (χ1) is 8.58. The summed E-state index contributed by atoms with van der Waals surface area (Å²) in [6, 6.07) is 2.00. The van der Waals surface area contributed by atoms with Crippen molar-refractivity contribution in [1.29, 1.82) is 0 Å². The Balaban J connectivity index is 3.34. The van der Waals surface area contributed by atoms with Crippen LogP contribution < -0.4 is 14.2 Å². The van der Waals surface area contributed by atoms with Crippen molar-refractivity contribution < 1.29 is 14.2 Å². The molecule has 0 aromatic heterocycles. The molecule has 0 amide bonds. The SMILES string of the molecule is C=CC(C)Cc1cc(Br)c(OC)c(OC)c1OC. The number of ether oxygens (including phenoxy) is 3. The highest BCUT2D eigenvalue weighted by molar-refractivity contribution is 9.10. The number of benzene rings is 1. The Kier molecular flexibility index (Phi) is 5.54. The van der Waals surface area contributed by atoms with Crippen LogP contribution in [0, 0.1) is 5.92 Å². The van der Waals surface area contributed by atoms with Crippen molar-refractivity contribution in [3.63, 3.8) is 0 Å². The van der Waals surface area contributed by atoms with Crippen LogP contribution in [0.25, 0.3) is 0 Å². The molecule has 0 fully saturated rings. The summed E-state index contributed by atoms with van der Waals surface area (Å²) < 4.78 is 17.0. The molecule has 18 heavy (non-hydrogen) atoms. The summed E-state index contributed by atoms with van der Waals surface area (Å²) >= 11 is 3.49. The Bertz CT molecular complexity index is 430. The summed E-state index contributed by atoms with van der Waals surface area (Å²) in [5, 5.41) is 0. The Morgan fingerprint density at radius 3 is 2.17 bits per heavy atom. The lowest BCUT2D eigenvalue weighted by atomic mass is 10.00. The van der Waals surface area contributed by atoms with Gasteiger partial charge in [0.25, 0.3) is 0 Å². The monoisotopic (exact) mass is 314 g/mol. The molecule has 0 N–H and O–H groups in total. The maximum atomic E-state index is 5.45. The third-order valence-corrected chi connectivity index (χ3v) is 3.37. The van der Waals surface area contributed by atoms with Crippen LogP contribution in [0.3, 0.4) is 0 Å². The number of halogens is 1. The molecular formula is C14H19BrO3. The van der Waals surface area contributed by atoms with Crippen LogP contribution in [0.4, 0.5) is 0 Å². The molecule has 0 radical (unpaired) electrons. The van der Waals surface area contributed by atoms with Gasteiger partial charge in [-0.15, -0.1) is 6.58 Å². The molecule has 0 saturated carbocycles. The molecule has 0 aliphatic rings. The van der Waals surface area contributed by atoms with E-state index in [1.165, 1.54) is 0 Å². The number of allylic oxidation sites excluding steroid dienone is 1. The van der Waals surface area contributed by atoms with Crippen molar-refractivity contribution >= 4 is 15.9 Å². The minimum Gasteiger partial charge on any atom is -0.492 e. The van der Waals surface area contributed by atoms with Crippen LogP contribution in [0.1, 0.15) is 12.5 Å². The quantitative estimate of drug-likeness (QED) is 0.747. The van der Waals surface area contributed by atoms with Crippen LogP contribution in [0.15, 0.2) is 23.2 Å². The Hall–Kier alpha value is -1.16. The van der Waals surface area contributed by atoms with E-state index in [0.29, 0.717) is 23.2 Å². The molecule has 0 saturated heterocycles. The highest BCUT2D eigenvalue weighted by Gasteiger charge is 2.20. The Morgan fingerprint density at radius 2 is 1.72 bits per heavy atom. The molecule has 0 aliphatic heterocycles. The van der Waals surface area contributed by atoms with Crippen molar-refractivity contribution in [2.45, 2.75) is 13.3 Å². The molecule has 3 nitrogen and oxygen atoms in total. The maximum Gasteiger partial charge on any atom is 0.204 e. The number of hydrogen-bond acceptors (Lipinski definition) is 3. The lowest BCUT2D eigenvalue weighted by molar-refractivity contribution is 0.320. The van der Waals surface area contributed by atoms with E-state index < -0.39 is 0 Å². The van der Waals surface area contributed by atoms with Crippen LogP contribution in [0.2, 0.25) is 0 Å². The van der Waals surface area contributed by atoms with Gasteiger partial charge in [-0.25, -0.2) is 0 Å².